The van der Waals surface area contributed by atoms with Crippen LogP contribution in [0.1, 0.15) is 18.4 Å². The van der Waals surface area contributed by atoms with Crippen molar-refractivity contribution in [1.82, 2.24) is 9.62 Å². The summed E-state index contributed by atoms with van der Waals surface area (Å²) in [4.78, 5) is 8.79. The number of nitrogens with one attached hydrogen (secondary N) is 1. The summed E-state index contributed by atoms with van der Waals surface area (Å²) in [5.74, 6) is 0.000843. The molecule has 1 aliphatic rings. The number of alkyl halides is 3. The van der Waals surface area contributed by atoms with Gasteiger partial charge in [-0.25, -0.2) is 8.42 Å². The van der Waals surface area contributed by atoms with E-state index in [1.807, 2.05) is 0 Å². The van der Waals surface area contributed by atoms with Crippen LogP contribution in [0.4, 0.5) is 18.9 Å². The minimum atomic E-state index is -5.02. The van der Waals surface area contributed by atoms with Crippen LogP contribution in [0.25, 0.3) is 0 Å². The Balaban J connectivity index is 0.00000338. The predicted molar refractivity (Wildman–Crippen MR) is 90.8 cm³/mol. The largest absolute Gasteiger partial charge is 0.417 e. The molecule has 1 aliphatic heterocycles. The number of nitrogens with zero attached hydrogens (tertiary/aromatic N) is 2. The first-order valence-corrected chi connectivity index (χ1v) is 9.01. The number of piperidine rings is 1. The Morgan fingerprint density at radius 2 is 2.04 bits per heavy atom. The predicted octanol–water partition coefficient (Wildman–Crippen LogP) is 2.66. The molecule has 1 unspecified atom stereocenters. The van der Waals surface area contributed by atoms with Crippen molar-refractivity contribution in [3.8, 4) is 0 Å². The Bertz CT molecular complexity index is 756. The van der Waals surface area contributed by atoms with Gasteiger partial charge in [-0.2, -0.15) is 17.5 Å². The van der Waals surface area contributed by atoms with Crippen molar-refractivity contribution in [3.05, 3.63) is 33.9 Å². The topological polar surface area (TPSA) is 92.6 Å². The van der Waals surface area contributed by atoms with Gasteiger partial charge in [-0.05, 0) is 38.4 Å². The molecule has 0 bridgehead atoms. The molecule has 0 aromatic heterocycles. The van der Waals surface area contributed by atoms with E-state index in [9.17, 15) is 31.7 Å². The SMILES string of the molecule is CNCC1CCCN(S(=O)(=O)c2ccc([N+](=O)[O-])cc2C(F)(F)F)C1.Cl. The van der Waals surface area contributed by atoms with Crippen molar-refractivity contribution in [1.29, 1.82) is 0 Å². The summed E-state index contributed by atoms with van der Waals surface area (Å²) >= 11 is 0. The molecule has 0 radical (unpaired) electrons. The Kier molecular flexibility index (Phi) is 7.40. The van der Waals surface area contributed by atoms with Gasteiger partial charge < -0.3 is 5.32 Å². The average Bonchev–Trinajstić information content (AvgIpc) is 2.54. The quantitative estimate of drug-likeness (QED) is 0.587. The monoisotopic (exact) mass is 417 g/mol. The number of sulfonamides is 1. The van der Waals surface area contributed by atoms with Crippen LogP contribution in [0, 0.1) is 16.0 Å². The zero-order valence-corrected chi connectivity index (χ0v) is 15.5. The standard InChI is InChI=1S/C14H18F3N3O4S.ClH/c1-18-8-10-3-2-6-19(9-10)25(23,24)13-5-4-11(20(21)22)7-12(13)14(15,16)17;/h4-5,7,10,18H,2-3,6,8-9H2,1H3;1H. The minimum absolute atomic E-state index is 0. The van der Waals surface area contributed by atoms with Gasteiger partial charge in [0, 0.05) is 25.2 Å². The third-order valence-corrected chi connectivity index (χ3v) is 6.00. The van der Waals surface area contributed by atoms with E-state index in [0.29, 0.717) is 19.0 Å². The third kappa shape index (κ3) is 4.84. The van der Waals surface area contributed by atoms with Crippen molar-refractivity contribution in [3.63, 3.8) is 0 Å². The lowest BCUT2D eigenvalue weighted by Crippen LogP contribution is -2.42. The summed E-state index contributed by atoms with van der Waals surface area (Å²) in [5, 5.41) is 13.7. The van der Waals surface area contributed by atoms with Gasteiger partial charge in [0.15, 0.2) is 0 Å². The van der Waals surface area contributed by atoms with Crippen LogP contribution in [-0.4, -0.2) is 44.3 Å². The lowest BCUT2D eigenvalue weighted by atomic mass is 10.00. The van der Waals surface area contributed by atoms with Gasteiger partial charge in [-0.15, -0.1) is 12.4 Å². The summed E-state index contributed by atoms with van der Waals surface area (Å²) in [6.07, 6.45) is -3.70. The summed E-state index contributed by atoms with van der Waals surface area (Å²) in [6.45, 7) is 0.784. The summed E-state index contributed by atoms with van der Waals surface area (Å²) in [5.41, 5.74) is -2.32. The van der Waals surface area contributed by atoms with Gasteiger partial charge in [-0.3, -0.25) is 10.1 Å². The molecule has 1 aromatic rings. The van der Waals surface area contributed by atoms with Gasteiger partial charge in [-0.1, -0.05) is 0 Å². The number of nitro groups is 1. The van der Waals surface area contributed by atoms with E-state index in [4.69, 9.17) is 0 Å². The van der Waals surface area contributed by atoms with E-state index < -0.39 is 37.3 Å². The van der Waals surface area contributed by atoms with Crippen molar-refractivity contribution in [2.45, 2.75) is 23.9 Å². The van der Waals surface area contributed by atoms with Crippen molar-refractivity contribution >= 4 is 28.1 Å². The van der Waals surface area contributed by atoms with E-state index in [-0.39, 0.29) is 37.5 Å². The van der Waals surface area contributed by atoms with Crippen LogP contribution in [0.3, 0.4) is 0 Å². The Hall–Kier alpha value is -1.43. The van der Waals surface area contributed by atoms with Crippen LogP contribution >= 0.6 is 12.4 Å². The minimum Gasteiger partial charge on any atom is -0.319 e. The van der Waals surface area contributed by atoms with Gasteiger partial charge in [0.2, 0.25) is 10.0 Å². The molecule has 26 heavy (non-hydrogen) atoms. The molecule has 12 heteroatoms. The molecular weight excluding hydrogens is 399 g/mol. The van der Waals surface area contributed by atoms with Crippen LogP contribution in [-0.2, 0) is 16.2 Å². The number of hydrogen-bond donors (Lipinski definition) is 1. The molecule has 0 aliphatic carbocycles. The smallest absolute Gasteiger partial charge is 0.319 e. The second-order valence-electron chi connectivity index (χ2n) is 5.86. The molecule has 1 N–H and O–H groups in total. The highest BCUT2D eigenvalue weighted by Gasteiger charge is 2.41. The molecule has 148 valence electrons. The van der Waals surface area contributed by atoms with Crippen molar-refractivity contribution in [2.75, 3.05) is 26.7 Å². The van der Waals surface area contributed by atoms with Crippen LogP contribution in [0.15, 0.2) is 23.1 Å². The van der Waals surface area contributed by atoms with E-state index in [0.717, 1.165) is 16.8 Å². The van der Waals surface area contributed by atoms with Crippen molar-refractivity contribution in [2.24, 2.45) is 5.92 Å². The first-order chi connectivity index (χ1) is 11.6. The number of halogens is 4. The molecule has 1 aromatic carbocycles. The van der Waals surface area contributed by atoms with Crippen LogP contribution in [0.5, 0.6) is 0 Å². The summed E-state index contributed by atoms with van der Waals surface area (Å²) < 4.78 is 66.3. The highest BCUT2D eigenvalue weighted by atomic mass is 35.5. The highest BCUT2D eigenvalue weighted by Crippen LogP contribution is 2.38. The van der Waals surface area contributed by atoms with E-state index >= 15 is 0 Å². The maximum absolute atomic E-state index is 13.3. The lowest BCUT2D eigenvalue weighted by molar-refractivity contribution is -0.385. The van der Waals surface area contributed by atoms with Gasteiger partial charge in [0.25, 0.3) is 5.69 Å². The Morgan fingerprint density at radius 1 is 1.38 bits per heavy atom. The highest BCUT2D eigenvalue weighted by molar-refractivity contribution is 7.89. The number of hydrogen-bond acceptors (Lipinski definition) is 5. The number of rotatable bonds is 5. The number of non-ortho nitro benzene ring substituents is 1. The lowest BCUT2D eigenvalue weighted by Gasteiger charge is -2.32. The molecule has 2 rings (SSSR count). The van der Waals surface area contributed by atoms with Crippen molar-refractivity contribution < 1.29 is 26.5 Å². The average molecular weight is 418 g/mol. The molecular formula is C14H19ClF3N3O4S. The third-order valence-electron chi connectivity index (χ3n) is 4.07. The molecule has 1 atom stereocenters. The molecule has 7 nitrogen and oxygen atoms in total. The van der Waals surface area contributed by atoms with Crippen LogP contribution in [0.2, 0.25) is 0 Å². The summed E-state index contributed by atoms with van der Waals surface area (Å²) in [6, 6.07) is 1.71. The maximum atomic E-state index is 13.3. The molecule has 1 fully saturated rings. The van der Waals surface area contributed by atoms with Gasteiger partial charge >= 0.3 is 6.18 Å². The number of nitro benzene ring substituents is 1. The summed E-state index contributed by atoms with van der Waals surface area (Å²) in [7, 11) is -2.69. The fraction of sp³-hybridized carbons (Fsp3) is 0.571. The van der Waals surface area contributed by atoms with Crippen LogP contribution < -0.4 is 5.32 Å². The fourth-order valence-corrected chi connectivity index (χ4v) is 4.66. The second-order valence-corrected chi connectivity index (χ2v) is 7.77. The fourth-order valence-electron chi connectivity index (χ4n) is 2.92. The maximum Gasteiger partial charge on any atom is 0.417 e. The number of benzene rings is 1. The molecule has 0 amide bonds. The second kappa shape index (κ2) is 8.51. The van der Waals surface area contributed by atoms with E-state index in [1.165, 1.54) is 0 Å². The zero-order valence-electron chi connectivity index (χ0n) is 13.8. The Morgan fingerprint density at radius 3 is 2.58 bits per heavy atom. The van der Waals surface area contributed by atoms with Gasteiger partial charge in [0.1, 0.15) is 0 Å². The van der Waals surface area contributed by atoms with E-state index in [1.54, 1.807) is 7.05 Å². The first kappa shape index (κ1) is 22.6. The first-order valence-electron chi connectivity index (χ1n) is 7.57. The van der Waals surface area contributed by atoms with E-state index in [2.05, 4.69) is 5.32 Å². The molecule has 0 saturated carbocycles. The zero-order chi connectivity index (χ0) is 18.8. The molecule has 1 saturated heterocycles. The van der Waals surface area contributed by atoms with Gasteiger partial charge in [0.05, 0.1) is 15.4 Å². The molecule has 1 heterocycles. The Labute approximate surface area is 155 Å². The normalized spacial score (nSPS) is 19.0. The molecule has 0 spiro atoms.